The van der Waals surface area contributed by atoms with E-state index in [1.807, 2.05) is 85.8 Å². The van der Waals surface area contributed by atoms with Crippen LogP contribution in [0.3, 0.4) is 0 Å². The Morgan fingerprint density at radius 3 is 1.89 bits per heavy atom. The van der Waals surface area contributed by atoms with E-state index in [0.29, 0.717) is 23.5 Å². The van der Waals surface area contributed by atoms with Crippen molar-refractivity contribution in [3.8, 4) is 22.5 Å². The molecule has 0 N–H and O–H groups in total. The summed E-state index contributed by atoms with van der Waals surface area (Å²) in [5.41, 5.74) is 8.83. The third-order valence-corrected chi connectivity index (χ3v) is 9.77. The number of aryl methyl sites for hydroxylation is 3. The van der Waals surface area contributed by atoms with Crippen LogP contribution in [0.2, 0.25) is 0 Å². The minimum absolute atomic E-state index is 0.0262. The molecular formula is C43H36N8O2. The van der Waals surface area contributed by atoms with E-state index in [1.54, 1.807) is 16.9 Å². The molecule has 0 atom stereocenters. The van der Waals surface area contributed by atoms with Crippen molar-refractivity contribution in [1.29, 1.82) is 0 Å². The Balaban J connectivity index is 1.23. The van der Waals surface area contributed by atoms with Crippen molar-refractivity contribution in [3.05, 3.63) is 189 Å². The highest BCUT2D eigenvalue weighted by Gasteiger charge is 2.41. The molecule has 5 aromatic carbocycles. The van der Waals surface area contributed by atoms with Crippen LogP contribution in [0.25, 0.3) is 33.7 Å². The number of rotatable bonds is 10. The van der Waals surface area contributed by atoms with Gasteiger partial charge in [-0.15, -0.1) is 15.0 Å². The summed E-state index contributed by atoms with van der Waals surface area (Å²) in [6.45, 7) is 6.76. The fraction of sp³-hybridized carbons (Fsp3) is 0.140. The predicted molar refractivity (Wildman–Crippen MR) is 205 cm³/mol. The fourth-order valence-electron chi connectivity index (χ4n) is 7.29. The third-order valence-electron chi connectivity index (χ3n) is 9.77. The first kappa shape index (κ1) is 33.3. The van der Waals surface area contributed by atoms with E-state index in [2.05, 4.69) is 66.0 Å². The predicted octanol–water partition coefficient (Wildman–Crippen LogP) is 8.73. The van der Waals surface area contributed by atoms with E-state index >= 15 is 0 Å². The average Bonchev–Trinajstić information content (AvgIpc) is 3.82. The van der Waals surface area contributed by atoms with Gasteiger partial charge in [0.1, 0.15) is 11.3 Å². The van der Waals surface area contributed by atoms with Crippen molar-refractivity contribution < 1.29 is 4.92 Å². The molecule has 0 radical (unpaired) electrons. The number of hydrogen-bond acceptors (Lipinski definition) is 7. The minimum atomic E-state index is -0.960. The van der Waals surface area contributed by atoms with Gasteiger partial charge in [0.25, 0.3) is 5.69 Å². The number of hydrogen-bond donors (Lipinski definition) is 0. The zero-order chi connectivity index (χ0) is 36.5. The lowest BCUT2D eigenvalue weighted by Crippen LogP contribution is -2.39. The topological polar surface area (TPSA) is 117 Å². The Bertz CT molecular complexity index is 2470. The molecule has 53 heavy (non-hydrogen) atoms. The van der Waals surface area contributed by atoms with Crippen LogP contribution in [0.1, 0.15) is 46.3 Å². The van der Waals surface area contributed by atoms with Crippen LogP contribution in [0.15, 0.2) is 140 Å². The van der Waals surface area contributed by atoms with Gasteiger partial charge < -0.3 is 4.57 Å². The number of fused-ring (bicyclic) bond motifs is 1. The number of non-ortho nitro benzene ring substituents is 1. The maximum Gasteiger partial charge on any atom is 0.270 e. The largest absolute Gasteiger partial charge is 0.308 e. The molecule has 0 aliphatic rings. The molecule has 10 heteroatoms. The molecule has 0 saturated carbocycles. The van der Waals surface area contributed by atoms with E-state index in [9.17, 15) is 10.1 Å². The number of tetrazole rings is 1. The van der Waals surface area contributed by atoms with Gasteiger partial charge in [0.2, 0.25) is 5.82 Å². The molecule has 3 aromatic heterocycles. The number of aromatic nitrogens is 7. The monoisotopic (exact) mass is 696 g/mol. The summed E-state index contributed by atoms with van der Waals surface area (Å²) in [5, 5.41) is 26.4. The molecule has 0 bridgehead atoms. The Kier molecular flexibility index (Phi) is 8.63. The number of nitro groups is 1. The lowest BCUT2D eigenvalue weighted by molar-refractivity contribution is -0.384. The van der Waals surface area contributed by atoms with Gasteiger partial charge in [-0.25, -0.2) is 9.97 Å². The number of nitro benzene ring substituents is 1. The van der Waals surface area contributed by atoms with Crippen LogP contribution in [-0.2, 0) is 18.5 Å². The SMILES string of the molecule is CCc1nc2c(C)cc(C)nc2n1Cc1ccc(-c2cc([N+](=O)[O-])ccc2-c2nnn(C(c3ccccc3)(c3ccccc3)c3ccccc3)n2)cc1. The van der Waals surface area contributed by atoms with Crippen molar-refractivity contribution in [2.45, 2.75) is 39.3 Å². The minimum Gasteiger partial charge on any atom is -0.308 e. The molecule has 0 saturated heterocycles. The summed E-state index contributed by atoms with van der Waals surface area (Å²) >= 11 is 0. The van der Waals surface area contributed by atoms with Crippen molar-refractivity contribution in [3.63, 3.8) is 0 Å². The smallest absolute Gasteiger partial charge is 0.270 e. The quantitative estimate of drug-likeness (QED) is 0.0797. The number of pyridine rings is 1. The standard InChI is InChI=1S/C43H36N8O2/c1-4-39-45-40-29(2)26-30(3)44-42(40)49(39)28-31-20-22-32(23-21-31)38-27-36(50(52)53)24-25-37(38)41-46-48-51(47-41)43(33-14-8-5-9-15-33,34-16-10-6-11-17-34)35-18-12-7-13-19-35/h5-27H,4,28H2,1-3H3. The van der Waals surface area contributed by atoms with E-state index in [1.165, 1.54) is 6.07 Å². The number of nitrogens with zero attached hydrogens (tertiary/aromatic N) is 8. The highest BCUT2D eigenvalue weighted by molar-refractivity contribution is 5.82. The van der Waals surface area contributed by atoms with E-state index in [0.717, 1.165) is 62.5 Å². The average molecular weight is 697 g/mol. The third kappa shape index (κ3) is 5.93. The van der Waals surface area contributed by atoms with Gasteiger partial charge in [-0.3, -0.25) is 10.1 Å². The van der Waals surface area contributed by atoms with Gasteiger partial charge >= 0.3 is 0 Å². The molecule has 8 aromatic rings. The summed E-state index contributed by atoms with van der Waals surface area (Å²) in [5.74, 6) is 1.32. The van der Waals surface area contributed by atoms with E-state index in [-0.39, 0.29) is 10.6 Å². The first-order chi connectivity index (χ1) is 25.9. The second-order valence-corrected chi connectivity index (χ2v) is 13.1. The number of imidazole rings is 1. The van der Waals surface area contributed by atoms with Crippen molar-refractivity contribution in [1.82, 2.24) is 34.7 Å². The molecule has 0 fully saturated rings. The fourth-order valence-corrected chi connectivity index (χ4v) is 7.29. The Morgan fingerprint density at radius 1 is 0.717 bits per heavy atom. The maximum atomic E-state index is 12.0. The Hall–Kier alpha value is -6.81. The van der Waals surface area contributed by atoms with Crippen LogP contribution in [-0.4, -0.2) is 39.7 Å². The maximum absolute atomic E-state index is 12.0. The van der Waals surface area contributed by atoms with Gasteiger partial charge in [-0.2, -0.15) is 0 Å². The molecule has 3 heterocycles. The molecule has 10 nitrogen and oxygen atoms in total. The molecule has 0 spiro atoms. The van der Waals surface area contributed by atoms with Gasteiger partial charge in [0, 0.05) is 29.8 Å². The van der Waals surface area contributed by atoms with Crippen molar-refractivity contribution in [2.75, 3.05) is 0 Å². The Labute approximate surface area is 306 Å². The highest BCUT2D eigenvalue weighted by Crippen LogP contribution is 2.41. The lowest BCUT2D eigenvalue weighted by atomic mass is 9.77. The summed E-state index contributed by atoms with van der Waals surface area (Å²) in [4.78, 5) is 23.0. The Morgan fingerprint density at radius 2 is 1.32 bits per heavy atom. The molecule has 0 aliphatic carbocycles. The second-order valence-electron chi connectivity index (χ2n) is 13.1. The molecule has 0 unspecified atom stereocenters. The van der Waals surface area contributed by atoms with Crippen LogP contribution in [0.4, 0.5) is 5.69 Å². The molecule has 0 amide bonds. The van der Waals surface area contributed by atoms with Crippen molar-refractivity contribution in [2.24, 2.45) is 0 Å². The normalized spacial score (nSPS) is 11.6. The van der Waals surface area contributed by atoms with Gasteiger partial charge in [0.15, 0.2) is 11.2 Å². The van der Waals surface area contributed by atoms with E-state index in [4.69, 9.17) is 20.3 Å². The second kappa shape index (κ2) is 13.7. The molecular weight excluding hydrogens is 661 g/mol. The number of benzene rings is 5. The van der Waals surface area contributed by atoms with Gasteiger partial charge in [-0.1, -0.05) is 122 Å². The van der Waals surface area contributed by atoms with Crippen LogP contribution in [0.5, 0.6) is 0 Å². The zero-order valence-corrected chi connectivity index (χ0v) is 29.6. The molecule has 8 rings (SSSR count). The van der Waals surface area contributed by atoms with Crippen molar-refractivity contribution >= 4 is 16.9 Å². The van der Waals surface area contributed by atoms with Crippen LogP contribution >= 0.6 is 0 Å². The lowest BCUT2D eigenvalue weighted by Gasteiger charge is -2.34. The van der Waals surface area contributed by atoms with Crippen LogP contribution in [0, 0.1) is 24.0 Å². The molecule has 0 aliphatic heterocycles. The first-order valence-electron chi connectivity index (χ1n) is 17.6. The highest BCUT2D eigenvalue weighted by atomic mass is 16.6. The van der Waals surface area contributed by atoms with Gasteiger partial charge in [0.05, 0.1) is 11.5 Å². The van der Waals surface area contributed by atoms with Crippen LogP contribution < -0.4 is 0 Å². The zero-order valence-electron chi connectivity index (χ0n) is 29.6. The summed E-state index contributed by atoms with van der Waals surface area (Å²) in [7, 11) is 0. The first-order valence-corrected chi connectivity index (χ1v) is 17.6. The van der Waals surface area contributed by atoms with Gasteiger partial charge in [-0.05, 0) is 70.1 Å². The molecule has 260 valence electrons. The summed E-state index contributed by atoms with van der Waals surface area (Å²) in [6, 6.07) is 45.3. The summed E-state index contributed by atoms with van der Waals surface area (Å²) < 4.78 is 2.17. The summed E-state index contributed by atoms with van der Waals surface area (Å²) in [6.07, 6.45) is 0.776. The van der Waals surface area contributed by atoms with E-state index < -0.39 is 5.54 Å².